The van der Waals surface area contributed by atoms with Gasteiger partial charge >= 0.3 is 0 Å². The number of hydrogen-bond donors (Lipinski definition) is 0. The Labute approximate surface area is 142 Å². The highest BCUT2D eigenvalue weighted by molar-refractivity contribution is 6.30. The van der Waals surface area contributed by atoms with Crippen LogP contribution in [0.15, 0.2) is 54.9 Å². The van der Waals surface area contributed by atoms with Crippen molar-refractivity contribution in [3.8, 4) is 17.1 Å². The Morgan fingerprint density at radius 2 is 2.00 bits per heavy atom. The van der Waals surface area contributed by atoms with E-state index in [4.69, 9.17) is 16.3 Å². The molecule has 0 aliphatic rings. The third-order valence-electron chi connectivity index (χ3n) is 3.26. The van der Waals surface area contributed by atoms with Gasteiger partial charge in [0, 0.05) is 22.7 Å². The van der Waals surface area contributed by atoms with Crippen molar-refractivity contribution < 1.29 is 9.66 Å². The van der Waals surface area contributed by atoms with Crippen molar-refractivity contribution >= 4 is 17.3 Å². The molecule has 0 saturated heterocycles. The molecule has 0 bridgehead atoms. The van der Waals surface area contributed by atoms with Crippen LogP contribution in [0.3, 0.4) is 0 Å². The summed E-state index contributed by atoms with van der Waals surface area (Å²) in [4.78, 5) is 14.4. The van der Waals surface area contributed by atoms with E-state index in [-0.39, 0.29) is 5.69 Å². The number of nitrogens with zero attached hydrogens (tertiary/aromatic N) is 4. The molecular formula is C16H13ClN4O3. The lowest BCUT2D eigenvalue weighted by Crippen LogP contribution is -2.08. The van der Waals surface area contributed by atoms with Crippen molar-refractivity contribution in [1.29, 1.82) is 0 Å². The first-order chi connectivity index (χ1) is 11.6. The van der Waals surface area contributed by atoms with Gasteiger partial charge in [-0.15, -0.1) is 0 Å². The summed E-state index contributed by atoms with van der Waals surface area (Å²) in [5.41, 5.74) is 0.753. The van der Waals surface area contributed by atoms with E-state index in [1.165, 1.54) is 12.1 Å². The zero-order valence-corrected chi connectivity index (χ0v) is 13.3. The van der Waals surface area contributed by atoms with E-state index in [0.717, 1.165) is 5.56 Å². The molecule has 3 aromatic rings. The zero-order valence-electron chi connectivity index (χ0n) is 12.5. The second-order valence-electron chi connectivity index (χ2n) is 4.94. The standard InChI is InChI=1S/C16H13ClN4O3/c17-13-2-1-3-15(10-13)24-9-8-20-11-18-16(19-20)12-4-6-14(7-5-12)21(22)23/h1-7,10-11H,8-9H2. The second-order valence-corrected chi connectivity index (χ2v) is 5.38. The molecule has 0 aliphatic heterocycles. The Morgan fingerprint density at radius 3 is 2.71 bits per heavy atom. The van der Waals surface area contributed by atoms with E-state index in [1.54, 1.807) is 35.3 Å². The normalized spacial score (nSPS) is 10.5. The second kappa shape index (κ2) is 7.10. The number of nitro benzene ring substituents is 1. The fourth-order valence-corrected chi connectivity index (χ4v) is 2.26. The molecule has 0 spiro atoms. The van der Waals surface area contributed by atoms with Crippen LogP contribution in [0.25, 0.3) is 11.4 Å². The molecule has 1 heterocycles. The van der Waals surface area contributed by atoms with Crippen LogP contribution >= 0.6 is 11.6 Å². The first-order valence-corrected chi connectivity index (χ1v) is 7.52. The van der Waals surface area contributed by atoms with Crippen LogP contribution in [0.4, 0.5) is 5.69 Å². The van der Waals surface area contributed by atoms with Gasteiger partial charge in [0.1, 0.15) is 18.7 Å². The number of rotatable bonds is 6. The van der Waals surface area contributed by atoms with Gasteiger partial charge in [0.25, 0.3) is 5.69 Å². The van der Waals surface area contributed by atoms with Gasteiger partial charge in [-0.2, -0.15) is 5.10 Å². The maximum atomic E-state index is 10.7. The lowest BCUT2D eigenvalue weighted by Gasteiger charge is -2.06. The maximum absolute atomic E-state index is 10.7. The molecule has 7 nitrogen and oxygen atoms in total. The van der Waals surface area contributed by atoms with Crippen LogP contribution in [0.2, 0.25) is 5.02 Å². The number of aromatic nitrogens is 3. The minimum absolute atomic E-state index is 0.0353. The van der Waals surface area contributed by atoms with Crippen molar-refractivity contribution in [3.63, 3.8) is 0 Å². The van der Waals surface area contributed by atoms with E-state index in [9.17, 15) is 10.1 Å². The van der Waals surface area contributed by atoms with Gasteiger partial charge < -0.3 is 4.74 Å². The summed E-state index contributed by atoms with van der Waals surface area (Å²) in [6, 6.07) is 13.3. The molecule has 0 aliphatic carbocycles. The molecule has 1 aromatic heterocycles. The molecule has 24 heavy (non-hydrogen) atoms. The molecule has 122 valence electrons. The van der Waals surface area contributed by atoms with Crippen LogP contribution in [-0.4, -0.2) is 26.3 Å². The van der Waals surface area contributed by atoms with Crippen LogP contribution in [0, 0.1) is 10.1 Å². The van der Waals surface area contributed by atoms with Crippen LogP contribution < -0.4 is 4.74 Å². The summed E-state index contributed by atoms with van der Waals surface area (Å²) in [5, 5.41) is 15.6. The van der Waals surface area contributed by atoms with Gasteiger partial charge in [-0.1, -0.05) is 17.7 Å². The molecule has 0 fully saturated rings. The van der Waals surface area contributed by atoms with Gasteiger partial charge in [-0.3, -0.25) is 10.1 Å². The monoisotopic (exact) mass is 344 g/mol. The minimum Gasteiger partial charge on any atom is -0.492 e. The number of non-ortho nitro benzene ring substituents is 1. The number of nitro groups is 1. The molecule has 2 aromatic carbocycles. The highest BCUT2D eigenvalue weighted by Crippen LogP contribution is 2.19. The Bertz CT molecular complexity index is 849. The molecule has 0 amide bonds. The van der Waals surface area contributed by atoms with Gasteiger partial charge in [0.15, 0.2) is 5.82 Å². The van der Waals surface area contributed by atoms with Gasteiger partial charge in [0.05, 0.1) is 11.5 Å². The predicted molar refractivity (Wildman–Crippen MR) is 89.1 cm³/mol. The predicted octanol–water partition coefficient (Wildman–Crippen LogP) is 3.59. The van der Waals surface area contributed by atoms with E-state index in [0.29, 0.717) is 29.7 Å². The average molecular weight is 345 g/mol. The Hall–Kier alpha value is -2.93. The zero-order chi connectivity index (χ0) is 16.9. The highest BCUT2D eigenvalue weighted by Gasteiger charge is 2.08. The first kappa shape index (κ1) is 15.9. The highest BCUT2D eigenvalue weighted by atomic mass is 35.5. The summed E-state index contributed by atoms with van der Waals surface area (Å²) >= 11 is 5.89. The quantitative estimate of drug-likeness (QED) is 0.504. The summed E-state index contributed by atoms with van der Waals surface area (Å²) in [6.45, 7) is 0.940. The average Bonchev–Trinajstić information content (AvgIpc) is 3.04. The molecule has 0 unspecified atom stereocenters. The van der Waals surface area contributed by atoms with E-state index < -0.39 is 4.92 Å². The summed E-state index contributed by atoms with van der Waals surface area (Å²) in [7, 11) is 0. The van der Waals surface area contributed by atoms with Crippen molar-refractivity contribution in [2.24, 2.45) is 0 Å². The summed E-state index contributed by atoms with van der Waals surface area (Å²) in [5.74, 6) is 1.20. The Morgan fingerprint density at radius 1 is 1.21 bits per heavy atom. The topological polar surface area (TPSA) is 83.1 Å². The number of halogens is 1. The Balaban J connectivity index is 1.60. The molecule has 8 heteroatoms. The van der Waals surface area contributed by atoms with Crippen LogP contribution in [0.5, 0.6) is 5.75 Å². The van der Waals surface area contributed by atoms with E-state index in [2.05, 4.69) is 10.1 Å². The third-order valence-corrected chi connectivity index (χ3v) is 3.49. The first-order valence-electron chi connectivity index (χ1n) is 7.14. The van der Waals surface area contributed by atoms with E-state index >= 15 is 0 Å². The largest absolute Gasteiger partial charge is 0.492 e. The SMILES string of the molecule is O=[N+]([O-])c1ccc(-c2ncn(CCOc3cccc(Cl)c3)n2)cc1. The van der Waals surface area contributed by atoms with Gasteiger partial charge in [0.2, 0.25) is 0 Å². The third kappa shape index (κ3) is 3.88. The van der Waals surface area contributed by atoms with Gasteiger partial charge in [-0.25, -0.2) is 9.67 Å². The van der Waals surface area contributed by atoms with E-state index in [1.807, 2.05) is 12.1 Å². The molecule has 0 saturated carbocycles. The van der Waals surface area contributed by atoms with Crippen molar-refractivity contribution in [2.45, 2.75) is 6.54 Å². The number of hydrogen-bond acceptors (Lipinski definition) is 5. The number of ether oxygens (including phenoxy) is 1. The van der Waals surface area contributed by atoms with Crippen molar-refractivity contribution in [2.75, 3.05) is 6.61 Å². The van der Waals surface area contributed by atoms with Crippen LogP contribution in [0.1, 0.15) is 0 Å². The van der Waals surface area contributed by atoms with Crippen molar-refractivity contribution in [3.05, 3.63) is 70.0 Å². The number of benzene rings is 2. The lowest BCUT2D eigenvalue weighted by molar-refractivity contribution is -0.384. The Kier molecular flexibility index (Phi) is 4.72. The fourth-order valence-electron chi connectivity index (χ4n) is 2.08. The molecule has 0 atom stereocenters. The smallest absolute Gasteiger partial charge is 0.269 e. The molecule has 0 N–H and O–H groups in total. The van der Waals surface area contributed by atoms with Crippen LogP contribution in [-0.2, 0) is 6.54 Å². The molecular weight excluding hydrogens is 332 g/mol. The minimum atomic E-state index is -0.441. The fraction of sp³-hybridized carbons (Fsp3) is 0.125. The summed E-state index contributed by atoms with van der Waals surface area (Å²) in [6.07, 6.45) is 1.60. The maximum Gasteiger partial charge on any atom is 0.269 e. The van der Waals surface area contributed by atoms with Crippen molar-refractivity contribution in [1.82, 2.24) is 14.8 Å². The molecule has 3 rings (SSSR count). The van der Waals surface area contributed by atoms with Gasteiger partial charge in [-0.05, 0) is 30.3 Å². The molecule has 0 radical (unpaired) electrons. The summed E-state index contributed by atoms with van der Waals surface area (Å²) < 4.78 is 7.25. The lowest BCUT2D eigenvalue weighted by atomic mass is 10.2.